The molecule has 3 nitrogen and oxygen atoms in total. The fourth-order valence-corrected chi connectivity index (χ4v) is 3.21. The summed E-state index contributed by atoms with van der Waals surface area (Å²) in [7, 11) is 0. The minimum Gasteiger partial charge on any atom is -0.338 e. The van der Waals surface area contributed by atoms with Gasteiger partial charge in [-0.1, -0.05) is 18.5 Å². The number of halogens is 2. The van der Waals surface area contributed by atoms with Gasteiger partial charge in [0.1, 0.15) is 0 Å². The van der Waals surface area contributed by atoms with E-state index in [1.807, 2.05) is 11.0 Å². The first kappa shape index (κ1) is 15.1. The van der Waals surface area contributed by atoms with Crippen molar-refractivity contribution in [1.29, 1.82) is 0 Å². The maximum atomic E-state index is 12.6. The molecule has 2 unspecified atom stereocenters. The number of piperidine rings is 1. The van der Waals surface area contributed by atoms with E-state index in [0.29, 0.717) is 29.0 Å². The Morgan fingerprint density at radius 2 is 2.32 bits per heavy atom. The van der Waals surface area contributed by atoms with Crippen molar-refractivity contribution in [3.63, 3.8) is 0 Å². The van der Waals surface area contributed by atoms with Gasteiger partial charge in [-0.25, -0.2) is 0 Å². The molecule has 1 saturated heterocycles. The number of benzene rings is 1. The van der Waals surface area contributed by atoms with E-state index in [0.717, 1.165) is 23.1 Å². The summed E-state index contributed by atoms with van der Waals surface area (Å²) in [5.74, 6) is 1.05. The Hall–Kier alpha value is -0.330. The van der Waals surface area contributed by atoms with Crippen LogP contribution < -0.4 is 5.73 Å². The lowest BCUT2D eigenvalue weighted by Gasteiger charge is -2.36. The Kier molecular flexibility index (Phi) is 5.09. The highest BCUT2D eigenvalue weighted by Gasteiger charge is 2.29. The highest BCUT2D eigenvalue weighted by atomic mass is 127. The second-order valence-corrected chi connectivity index (χ2v) is 6.74. The molecule has 1 amide bonds. The van der Waals surface area contributed by atoms with E-state index in [-0.39, 0.29) is 5.91 Å². The zero-order valence-corrected chi connectivity index (χ0v) is 13.8. The second-order valence-electron chi connectivity index (χ2n) is 5.14. The molecule has 19 heavy (non-hydrogen) atoms. The number of amides is 1. The molecule has 0 spiro atoms. The smallest absolute Gasteiger partial charge is 0.254 e. The third-order valence-corrected chi connectivity index (χ3v) is 5.04. The van der Waals surface area contributed by atoms with E-state index < -0.39 is 0 Å². The summed E-state index contributed by atoms with van der Waals surface area (Å²) < 4.78 is 0.940. The van der Waals surface area contributed by atoms with Crippen LogP contribution in [0.25, 0.3) is 0 Å². The molecule has 1 aliphatic heterocycles. The zero-order chi connectivity index (χ0) is 14.0. The molecule has 1 aromatic carbocycles. The lowest BCUT2D eigenvalue weighted by atomic mass is 9.87. The van der Waals surface area contributed by atoms with Crippen LogP contribution in [0.5, 0.6) is 0 Å². The first-order chi connectivity index (χ1) is 9.02. The summed E-state index contributed by atoms with van der Waals surface area (Å²) in [4.78, 5) is 14.5. The molecule has 0 saturated carbocycles. The average Bonchev–Trinajstić information content (AvgIpc) is 2.41. The predicted octanol–water partition coefficient (Wildman–Crippen LogP) is 3.00. The van der Waals surface area contributed by atoms with Gasteiger partial charge in [0, 0.05) is 21.7 Å². The number of hydrogen-bond donors (Lipinski definition) is 1. The van der Waals surface area contributed by atoms with Crippen LogP contribution in [-0.2, 0) is 0 Å². The van der Waals surface area contributed by atoms with Gasteiger partial charge >= 0.3 is 0 Å². The third kappa shape index (κ3) is 3.41. The number of nitrogens with zero attached hydrogens (tertiary/aromatic N) is 1. The lowest BCUT2D eigenvalue weighted by Crippen LogP contribution is -2.45. The summed E-state index contributed by atoms with van der Waals surface area (Å²) in [5, 5.41) is 0.601. The van der Waals surface area contributed by atoms with Crippen LogP contribution in [0.3, 0.4) is 0 Å². The maximum absolute atomic E-state index is 12.6. The summed E-state index contributed by atoms with van der Waals surface area (Å²) in [6.07, 6.45) is 1.02. The molecule has 1 aliphatic rings. The van der Waals surface area contributed by atoms with Crippen LogP contribution in [0.1, 0.15) is 23.7 Å². The molecule has 5 heteroatoms. The fraction of sp³-hybridized carbons (Fsp3) is 0.500. The van der Waals surface area contributed by atoms with Crippen molar-refractivity contribution in [3.05, 3.63) is 32.4 Å². The Labute approximate surface area is 132 Å². The van der Waals surface area contributed by atoms with Crippen molar-refractivity contribution in [1.82, 2.24) is 4.90 Å². The van der Waals surface area contributed by atoms with Crippen molar-refractivity contribution >= 4 is 40.1 Å². The van der Waals surface area contributed by atoms with E-state index in [1.165, 1.54) is 0 Å². The van der Waals surface area contributed by atoms with Crippen LogP contribution in [0, 0.1) is 15.4 Å². The quantitative estimate of drug-likeness (QED) is 0.787. The van der Waals surface area contributed by atoms with Crippen LogP contribution in [0.15, 0.2) is 18.2 Å². The SMILES string of the molecule is CC1CCN(C(=O)c2cc(Cl)ccc2I)CC1CN. The van der Waals surface area contributed by atoms with Crippen LogP contribution in [0.2, 0.25) is 5.02 Å². The molecular formula is C14H18ClIN2O. The van der Waals surface area contributed by atoms with Gasteiger partial charge in [-0.15, -0.1) is 0 Å². The summed E-state index contributed by atoms with van der Waals surface area (Å²) in [6, 6.07) is 5.44. The lowest BCUT2D eigenvalue weighted by molar-refractivity contribution is 0.0617. The van der Waals surface area contributed by atoms with Gasteiger partial charge < -0.3 is 10.6 Å². The van der Waals surface area contributed by atoms with E-state index in [2.05, 4.69) is 29.5 Å². The van der Waals surface area contributed by atoms with Gasteiger partial charge in [-0.3, -0.25) is 4.79 Å². The van der Waals surface area contributed by atoms with E-state index in [4.69, 9.17) is 17.3 Å². The number of rotatable bonds is 2. The highest BCUT2D eigenvalue weighted by molar-refractivity contribution is 14.1. The van der Waals surface area contributed by atoms with Crippen LogP contribution >= 0.6 is 34.2 Å². The zero-order valence-electron chi connectivity index (χ0n) is 10.9. The molecular weight excluding hydrogens is 375 g/mol. The second kappa shape index (κ2) is 6.41. The minimum atomic E-state index is 0.0669. The van der Waals surface area contributed by atoms with Gasteiger partial charge in [0.05, 0.1) is 5.56 Å². The standard InChI is InChI=1S/C14H18ClIN2O/c1-9-4-5-18(8-10(9)7-17)14(19)12-6-11(15)2-3-13(12)16/h2-3,6,9-10H,4-5,7-8,17H2,1H3. The predicted molar refractivity (Wildman–Crippen MR) is 86.4 cm³/mol. The Bertz CT molecular complexity index is 481. The molecule has 1 heterocycles. The minimum absolute atomic E-state index is 0.0669. The monoisotopic (exact) mass is 392 g/mol. The molecule has 1 fully saturated rings. The number of hydrogen-bond acceptors (Lipinski definition) is 2. The molecule has 104 valence electrons. The first-order valence-electron chi connectivity index (χ1n) is 6.47. The number of nitrogens with two attached hydrogens (primary N) is 1. The molecule has 0 radical (unpaired) electrons. The van der Waals surface area contributed by atoms with E-state index in [9.17, 15) is 4.79 Å². The maximum Gasteiger partial charge on any atom is 0.254 e. The van der Waals surface area contributed by atoms with Crippen LogP contribution in [0.4, 0.5) is 0 Å². The van der Waals surface area contributed by atoms with E-state index in [1.54, 1.807) is 12.1 Å². The topological polar surface area (TPSA) is 46.3 Å². The normalized spacial score (nSPS) is 23.5. The molecule has 0 aromatic heterocycles. The Morgan fingerprint density at radius 3 is 3.00 bits per heavy atom. The van der Waals surface area contributed by atoms with Gasteiger partial charge in [0.15, 0.2) is 0 Å². The molecule has 0 aliphatic carbocycles. The van der Waals surface area contributed by atoms with Gasteiger partial charge in [-0.05, 0) is 65.6 Å². The first-order valence-corrected chi connectivity index (χ1v) is 7.93. The van der Waals surface area contributed by atoms with Gasteiger partial charge in [-0.2, -0.15) is 0 Å². The van der Waals surface area contributed by atoms with Crippen LogP contribution in [-0.4, -0.2) is 30.4 Å². The van der Waals surface area contributed by atoms with Crippen molar-refractivity contribution < 1.29 is 4.79 Å². The molecule has 1 aromatic rings. The van der Waals surface area contributed by atoms with Crippen molar-refractivity contribution in [2.75, 3.05) is 19.6 Å². The molecule has 2 rings (SSSR count). The summed E-state index contributed by atoms with van der Waals surface area (Å²) in [5.41, 5.74) is 6.48. The third-order valence-electron chi connectivity index (χ3n) is 3.86. The van der Waals surface area contributed by atoms with Crippen molar-refractivity contribution in [2.24, 2.45) is 17.6 Å². The molecule has 2 atom stereocenters. The fourth-order valence-electron chi connectivity index (χ4n) is 2.47. The largest absolute Gasteiger partial charge is 0.338 e. The number of carbonyl (C=O) groups excluding carboxylic acids is 1. The van der Waals surface area contributed by atoms with E-state index >= 15 is 0 Å². The Balaban J connectivity index is 2.18. The van der Waals surface area contributed by atoms with Gasteiger partial charge in [0.25, 0.3) is 5.91 Å². The average molecular weight is 393 g/mol. The molecule has 0 bridgehead atoms. The van der Waals surface area contributed by atoms with Crippen molar-refractivity contribution in [3.8, 4) is 0 Å². The van der Waals surface area contributed by atoms with Crippen molar-refractivity contribution in [2.45, 2.75) is 13.3 Å². The number of carbonyl (C=O) groups is 1. The Morgan fingerprint density at radius 1 is 1.58 bits per heavy atom. The molecule has 2 N–H and O–H groups in total. The summed E-state index contributed by atoms with van der Waals surface area (Å²) >= 11 is 8.16. The summed E-state index contributed by atoms with van der Waals surface area (Å²) in [6.45, 7) is 4.40. The highest BCUT2D eigenvalue weighted by Crippen LogP contribution is 2.25. The van der Waals surface area contributed by atoms with Gasteiger partial charge in [0.2, 0.25) is 0 Å². The number of likely N-dealkylation sites (tertiary alicyclic amines) is 1.